The lowest BCUT2D eigenvalue weighted by atomic mass is 10.4. The van der Waals surface area contributed by atoms with Crippen molar-refractivity contribution < 1.29 is 0 Å². The third-order valence-corrected chi connectivity index (χ3v) is 7.55. The topological polar surface area (TPSA) is 6.48 Å². The first kappa shape index (κ1) is 12.3. The maximum atomic E-state index is 4.23. The van der Waals surface area contributed by atoms with Gasteiger partial charge in [0.15, 0.2) is 0 Å². The van der Waals surface area contributed by atoms with Crippen LogP contribution in [0, 0.1) is 0 Å². The number of likely N-dealkylation sites (tertiary alicyclic amines) is 2. The summed E-state index contributed by atoms with van der Waals surface area (Å²) in [6, 6.07) is 0. The third-order valence-electron chi connectivity index (χ3n) is 4.25. The third kappa shape index (κ3) is 2.58. The van der Waals surface area contributed by atoms with Gasteiger partial charge in [-0.2, -0.15) is 0 Å². The Kier molecular flexibility index (Phi) is 4.22. The van der Waals surface area contributed by atoms with Crippen LogP contribution in [0.4, 0.5) is 0 Å². The fraction of sp³-hybridized carbons (Fsp3) is 0.846. The van der Waals surface area contributed by atoms with Crippen LogP contribution < -0.4 is 0 Å². The van der Waals surface area contributed by atoms with Gasteiger partial charge < -0.3 is 0 Å². The van der Waals surface area contributed by atoms with Crippen LogP contribution in [0.3, 0.4) is 0 Å². The van der Waals surface area contributed by atoms with Crippen LogP contribution in [0.15, 0.2) is 11.8 Å². The van der Waals surface area contributed by atoms with Crippen molar-refractivity contribution in [1.82, 2.24) is 9.80 Å². The summed E-state index contributed by atoms with van der Waals surface area (Å²) in [5.74, 6) is 0.766. The Morgan fingerprint density at radius 1 is 1.00 bits per heavy atom. The standard InChI is InChI=1S/C13H26N2Si/c1-12(2)16(3)13(14-8-4-5-9-14)15-10-6-7-11-15/h13,16H,1,4-11H2,2-3H3. The van der Waals surface area contributed by atoms with E-state index in [1.807, 2.05) is 0 Å². The van der Waals surface area contributed by atoms with Gasteiger partial charge in [0.05, 0.1) is 14.6 Å². The summed E-state index contributed by atoms with van der Waals surface area (Å²) in [4.78, 5) is 5.49. The van der Waals surface area contributed by atoms with Gasteiger partial charge in [0.2, 0.25) is 0 Å². The molecule has 0 saturated carbocycles. The Morgan fingerprint density at radius 2 is 1.38 bits per heavy atom. The van der Waals surface area contributed by atoms with Crippen LogP contribution in [-0.4, -0.2) is 50.6 Å². The van der Waals surface area contributed by atoms with Crippen molar-refractivity contribution in [3.05, 3.63) is 11.8 Å². The van der Waals surface area contributed by atoms with Crippen LogP contribution in [-0.2, 0) is 0 Å². The van der Waals surface area contributed by atoms with Crippen molar-refractivity contribution in [1.29, 1.82) is 0 Å². The van der Waals surface area contributed by atoms with E-state index in [9.17, 15) is 0 Å². The van der Waals surface area contributed by atoms with Crippen LogP contribution in [0.5, 0.6) is 0 Å². The van der Waals surface area contributed by atoms with E-state index in [-0.39, 0.29) is 0 Å². The Morgan fingerprint density at radius 3 is 1.69 bits per heavy atom. The molecule has 2 heterocycles. The summed E-state index contributed by atoms with van der Waals surface area (Å²) in [6.07, 6.45) is 5.62. The molecule has 0 N–H and O–H groups in total. The smallest absolute Gasteiger partial charge is 0.0983 e. The van der Waals surface area contributed by atoms with E-state index in [2.05, 4.69) is 29.8 Å². The van der Waals surface area contributed by atoms with Crippen LogP contribution in [0.2, 0.25) is 6.55 Å². The molecule has 1 atom stereocenters. The molecular weight excluding hydrogens is 212 g/mol. The van der Waals surface area contributed by atoms with Gasteiger partial charge in [-0.05, 0) is 58.8 Å². The van der Waals surface area contributed by atoms with Gasteiger partial charge in [-0.25, -0.2) is 0 Å². The minimum atomic E-state index is -0.839. The van der Waals surface area contributed by atoms with Crippen molar-refractivity contribution in [2.24, 2.45) is 0 Å². The Balaban J connectivity index is 2.07. The van der Waals surface area contributed by atoms with Crippen LogP contribution >= 0.6 is 0 Å². The van der Waals surface area contributed by atoms with E-state index in [1.165, 1.54) is 57.1 Å². The van der Waals surface area contributed by atoms with E-state index in [1.54, 1.807) is 0 Å². The molecule has 0 spiro atoms. The molecule has 0 radical (unpaired) electrons. The van der Waals surface area contributed by atoms with Crippen molar-refractivity contribution in [3.63, 3.8) is 0 Å². The Hall–Kier alpha value is -0.123. The van der Waals surface area contributed by atoms with E-state index >= 15 is 0 Å². The number of hydrogen-bond donors (Lipinski definition) is 0. The highest BCUT2D eigenvalue weighted by molar-refractivity contribution is 6.66. The molecule has 0 bridgehead atoms. The highest BCUT2D eigenvalue weighted by Gasteiger charge is 2.33. The quantitative estimate of drug-likeness (QED) is 0.691. The minimum Gasteiger partial charge on any atom is -0.291 e. The van der Waals surface area contributed by atoms with Gasteiger partial charge in [0, 0.05) is 0 Å². The molecule has 0 amide bonds. The van der Waals surface area contributed by atoms with Crippen molar-refractivity contribution in [3.8, 4) is 0 Å². The number of hydrogen-bond acceptors (Lipinski definition) is 2. The molecular formula is C13H26N2Si. The Bertz CT molecular complexity index is 226. The molecule has 2 nitrogen and oxygen atoms in total. The molecule has 2 aliphatic heterocycles. The van der Waals surface area contributed by atoms with Gasteiger partial charge in [-0.1, -0.05) is 11.7 Å². The predicted octanol–water partition coefficient (Wildman–Crippen LogP) is 2.02. The SMILES string of the molecule is C=C(C)[SiH](C)C(N1CCCC1)N1CCCC1. The molecule has 2 saturated heterocycles. The summed E-state index contributed by atoms with van der Waals surface area (Å²) in [6.45, 7) is 14.3. The molecule has 1 unspecified atom stereocenters. The zero-order chi connectivity index (χ0) is 11.5. The van der Waals surface area contributed by atoms with Crippen LogP contribution in [0.25, 0.3) is 0 Å². The fourth-order valence-corrected chi connectivity index (χ4v) is 5.50. The highest BCUT2D eigenvalue weighted by Crippen LogP contribution is 2.23. The zero-order valence-corrected chi connectivity index (χ0v) is 12.1. The summed E-state index contributed by atoms with van der Waals surface area (Å²) in [7, 11) is -0.839. The molecule has 2 fully saturated rings. The first-order valence-electron chi connectivity index (χ1n) is 6.83. The molecule has 2 aliphatic rings. The maximum absolute atomic E-state index is 4.23. The second-order valence-electron chi connectivity index (χ2n) is 5.53. The first-order chi connectivity index (χ1) is 7.70. The molecule has 3 heteroatoms. The van der Waals surface area contributed by atoms with E-state index in [0.717, 1.165) is 5.79 Å². The summed E-state index contributed by atoms with van der Waals surface area (Å²) in [5, 5.41) is 1.48. The molecule has 0 aromatic rings. The molecule has 16 heavy (non-hydrogen) atoms. The monoisotopic (exact) mass is 238 g/mol. The second kappa shape index (κ2) is 5.47. The van der Waals surface area contributed by atoms with E-state index < -0.39 is 8.80 Å². The van der Waals surface area contributed by atoms with Crippen LogP contribution in [0.1, 0.15) is 32.6 Å². The summed E-state index contributed by atoms with van der Waals surface area (Å²) in [5.41, 5.74) is 0. The average molecular weight is 238 g/mol. The number of allylic oxidation sites excluding steroid dienone is 1. The first-order valence-corrected chi connectivity index (χ1v) is 9.23. The predicted molar refractivity (Wildman–Crippen MR) is 73.2 cm³/mol. The highest BCUT2D eigenvalue weighted by atomic mass is 28.3. The van der Waals surface area contributed by atoms with Gasteiger partial charge in [-0.15, -0.1) is 6.58 Å². The molecule has 0 aliphatic carbocycles. The van der Waals surface area contributed by atoms with Gasteiger partial charge >= 0.3 is 0 Å². The van der Waals surface area contributed by atoms with E-state index in [0.29, 0.717) is 0 Å². The normalized spacial score (nSPS) is 25.4. The maximum Gasteiger partial charge on any atom is 0.0983 e. The number of nitrogens with zero attached hydrogens (tertiary/aromatic N) is 2. The molecule has 92 valence electrons. The summed E-state index contributed by atoms with van der Waals surface area (Å²) < 4.78 is 0. The van der Waals surface area contributed by atoms with Crippen molar-refractivity contribution in [2.45, 2.75) is 44.9 Å². The van der Waals surface area contributed by atoms with Gasteiger partial charge in [0.1, 0.15) is 0 Å². The molecule has 0 aromatic carbocycles. The average Bonchev–Trinajstić information content (AvgIpc) is 2.89. The lowest BCUT2D eigenvalue weighted by Crippen LogP contribution is -2.54. The molecule has 2 rings (SSSR count). The minimum absolute atomic E-state index is 0.766. The largest absolute Gasteiger partial charge is 0.291 e. The van der Waals surface area contributed by atoms with E-state index in [4.69, 9.17) is 0 Å². The Labute approximate surface area is 102 Å². The second-order valence-corrected chi connectivity index (χ2v) is 8.69. The lowest BCUT2D eigenvalue weighted by Gasteiger charge is -2.39. The molecule has 0 aromatic heterocycles. The van der Waals surface area contributed by atoms with Crippen molar-refractivity contribution >= 4 is 8.80 Å². The summed E-state index contributed by atoms with van der Waals surface area (Å²) >= 11 is 0. The fourth-order valence-electron chi connectivity index (χ4n) is 3.13. The van der Waals surface area contributed by atoms with Crippen molar-refractivity contribution in [2.75, 3.05) is 26.2 Å². The van der Waals surface area contributed by atoms with Gasteiger partial charge in [0.25, 0.3) is 0 Å². The zero-order valence-electron chi connectivity index (χ0n) is 10.9. The van der Waals surface area contributed by atoms with Gasteiger partial charge in [-0.3, -0.25) is 9.80 Å². The lowest BCUT2D eigenvalue weighted by molar-refractivity contribution is 0.139. The number of rotatable bonds is 4.